The van der Waals surface area contributed by atoms with Gasteiger partial charge in [-0.25, -0.2) is 4.39 Å². The molecule has 0 aliphatic rings. The van der Waals surface area contributed by atoms with Gasteiger partial charge in [-0.2, -0.15) is 5.10 Å². The lowest BCUT2D eigenvalue weighted by Crippen LogP contribution is -2.24. The number of hydrogen-bond donors (Lipinski definition) is 2. The molecule has 0 fully saturated rings. The van der Waals surface area contributed by atoms with Crippen molar-refractivity contribution >= 4 is 11.6 Å². The molecule has 2 aromatic rings. The number of aryl methyl sites for hydroxylation is 2. The highest BCUT2D eigenvalue weighted by molar-refractivity contribution is 5.99. The van der Waals surface area contributed by atoms with Crippen LogP contribution < -0.4 is 11.1 Å². The third kappa shape index (κ3) is 2.49. The van der Waals surface area contributed by atoms with Crippen LogP contribution in [0.15, 0.2) is 18.2 Å². The third-order valence-corrected chi connectivity index (χ3v) is 3.38. The molecule has 5 nitrogen and oxygen atoms in total. The molecule has 0 bridgehead atoms. The van der Waals surface area contributed by atoms with Gasteiger partial charge in [0.25, 0.3) is 5.91 Å². The summed E-state index contributed by atoms with van der Waals surface area (Å²) in [5, 5.41) is 7.01. The van der Waals surface area contributed by atoms with Crippen LogP contribution in [0.3, 0.4) is 0 Å². The number of nitrogens with zero attached hydrogens (tertiary/aromatic N) is 2. The van der Waals surface area contributed by atoms with Crippen molar-refractivity contribution in [2.45, 2.75) is 20.4 Å². The van der Waals surface area contributed by atoms with Crippen molar-refractivity contribution in [1.29, 1.82) is 0 Å². The molecule has 2 rings (SSSR count). The minimum absolute atomic E-state index is 0.135. The average Bonchev–Trinajstić information content (AvgIpc) is 2.64. The zero-order valence-corrected chi connectivity index (χ0v) is 11.7. The quantitative estimate of drug-likeness (QED) is 0.838. The SMILES string of the molecule is Cc1nn(C)c(C)c1CNC(=O)c1cccc(F)c1N. The van der Waals surface area contributed by atoms with E-state index in [0.717, 1.165) is 17.0 Å². The Labute approximate surface area is 116 Å². The molecule has 0 unspecified atom stereocenters. The molecule has 1 aromatic heterocycles. The maximum absolute atomic E-state index is 13.3. The van der Waals surface area contributed by atoms with Gasteiger partial charge >= 0.3 is 0 Å². The van der Waals surface area contributed by atoms with Gasteiger partial charge in [-0.1, -0.05) is 6.07 Å². The summed E-state index contributed by atoms with van der Waals surface area (Å²) < 4.78 is 15.1. The molecule has 0 spiro atoms. The fraction of sp³-hybridized carbons (Fsp3) is 0.286. The highest BCUT2D eigenvalue weighted by Gasteiger charge is 2.14. The van der Waals surface area contributed by atoms with Crippen molar-refractivity contribution in [3.8, 4) is 0 Å². The van der Waals surface area contributed by atoms with Gasteiger partial charge in [-0.05, 0) is 26.0 Å². The molecule has 0 aliphatic heterocycles. The van der Waals surface area contributed by atoms with Gasteiger partial charge in [0.15, 0.2) is 0 Å². The maximum Gasteiger partial charge on any atom is 0.253 e. The molecule has 3 N–H and O–H groups in total. The summed E-state index contributed by atoms with van der Waals surface area (Å²) in [7, 11) is 1.85. The molecular formula is C14H17FN4O. The topological polar surface area (TPSA) is 72.9 Å². The van der Waals surface area contributed by atoms with Crippen molar-refractivity contribution in [2.75, 3.05) is 5.73 Å². The number of anilines is 1. The molecule has 0 saturated carbocycles. The second kappa shape index (κ2) is 5.32. The number of nitrogen functional groups attached to an aromatic ring is 1. The summed E-state index contributed by atoms with van der Waals surface area (Å²) in [4.78, 5) is 12.0. The first-order valence-electron chi connectivity index (χ1n) is 6.23. The van der Waals surface area contributed by atoms with E-state index in [1.807, 2.05) is 20.9 Å². The summed E-state index contributed by atoms with van der Waals surface area (Å²) in [6.07, 6.45) is 0. The molecule has 6 heteroatoms. The van der Waals surface area contributed by atoms with Crippen LogP contribution in [0.5, 0.6) is 0 Å². The number of amides is 1. The summed E-state index contributed by atoms with van der Waals surface area (Å²) in [5.74, 6) is -0.990. The smallest absolute Gasteiger partial charge is 0.253 e. The Morgan fingerprint density at radius 2 is 2.15 bits per heavy atom. The Morgan fingerprint density at radius 3 is 2.75 bits per heavy atom. The van der Waals surface area contributed by atoms with Gasteiger partial charge in [0.1, 0.15) is 5.82 Å². The van der Waals surface area contributed by atoms with E-state index < -0.39 is 11.7 Å². The lowest BCUT2D eigenvalue weighted by Gasteiger charge is -2.08. The second-order valence-corrected chi connectivity index (χ2v) is 4.66. The molecule has 1 amide bonds. The highest BCUT2D eigenvalue weighted by Crippen LogP contribution is 2.16. The Kier molecular flexibility index (Phi) is 3.74. The largest absolute Gasteiger partial charge is 0.396 e. The van der Waals surface area contributed by atoms with E-state index in [1.165, 1.54) is 18.2 Å². The van der Waals surface area contributed by atoms with Gasteiger partial charge in [-0.15, -0.1) is 0 Å². The molecular weight excluding hydrogens is 259 g/mol. The lowest BCUT2D eigenvalue weighted by molar-refractivity contribution is 0.0951. The summed E-state index contributed by atoms with van der Waals surface area (Å²) in [5.41, 5.74) is 8.37. The maximum atomic E-state index is 13.3. The van der Waals surface area contributed by atoms with Crippen molar-refractivity contribution in [3.05, 3.63) is 46.5 Å². The number of nitrogens with one attached hydrogen (secondary N) is 1. The number of carbonyl (C=O) groups is 1. The van der Waals surface area contributed by atoms with Gasteiger partial charge in [-0.3, -0.25) is 9.48 Å². The van der Waals surface area contributed by atoms with Crippen LogP contribution in [-0.2, 0) is 13.6 Å². The number of benzene rings is 1. The van der Waals surface area contributed by atoms with Crippen LogP contribution in [-0.4, -0.2) is 15.7 Å². The number of para-hydroxylation sites is 1. The van der Waals surface area contributed by atoms with E-state index in [2.05, 4.69) is 10.4 Å². The van der Waals surface area contributed by atoms with Crippen LogP contribution in [0.1, 0.15) is 27.3 Å². The minimum atomic E-state index is -0.591. The number of halogens is 1. The number of rotatable bonds is 3. The van der Waals surface area contributed by atoms with Crippen molar-refractivity contribution in [2.24, 2.45) is 7.05 Å². The zero-order chi connectivity index (χ0) is 14.9. The first-order chi connectivity index (χ1) is 9.41. The predicted octanol–water partition coefficient (Wildman–Crippen LogP) is 1.69. The summed E-state index contributed by atoms with van der Waals surface area (Å²) >= 11 is 0. The summed E-state index contributed by atoms with van der Waals surface area (Å²) in [6, 6.07) is 4.18. The second-order valence-electron chi connectivity index (χ2n) is 4.66. The van der Waals surface area contributed by atoms with E-state index in [0.29, 0.717) is 6.54 Å². The van der Waals surface area contributed by atoms with Crippen LogP contribution in [0.2, 0.25) is 0 Å². The fourth-order valence-corrected chi connectivity index (χ4v) is 2.07. The molecule has 0 radical (unpaired) electrons. The Hall–Kier alpha value is -2.37. The number of aromatic nitrogens is 2. The molecule has 106 valence electrons. The van der Waals surface area contributed by atoms with Gasteiger partial charge in [0.05, 0.1) is 16.9 Å². The average molecular weight is 276 g/mol. The van der Waals surface area contributed by atoms with Gasteiger partial charge in [0.2, 0.25) is 0 Å². The van der Waals surface area contributed by atoms with Crippen molar-refractivity contribution in [3.63, 3.8) is 0 Å². The normalized spacial score (nSPS) is 10.6. The van der Waals surface area contributed by atoms with Gasteiger partial charge < -0.3 is 11.1 Å². The third-order valence-electron chi connectivity index (χ3n) is 3.38. The molecule has 1 heterocycles. The summed E-state index contributed by atoms with van der Waals surface area (Å²) in [6.45, 7) is 4.14. The first-order valence-corrected chi connectivity index (χ1v) is 6.23. The van der Waals surface area contributed by atoms with Crippen molar-refractivity contribution < 1.29 is 9.18 Å². The Bertz CT molecular complexity index is 663. The van der Waals surface area contributed by atoms with E-state index in [9.17, 15) is 9.18 Å². The number of hydrogen-bond acceptors (Lipinski definition) is 3. The number of carbonyl (C=O) groups excluding carboxylic acids is 1. The molecule has 20 heavy (non-hydrogen) atoms. The van der Waals surface area contributed by atoms with Crippen LogP contribution in [0.25, 0.3) is 0 Å². The van der Waals surface area contributed by atoms with Crippen molar-refractivity contribution in [1.82, 2.24) is 15.1 Å². The van der Waals surface area contributed by atoms with Gasteiger partial charge in [0, 0.05) is 24.8 Å². The monoisotopic (exact) mass is 276 g/mol. The molecule has 0 saturated heterocycles. The van der Waals surface area contributed by atoms with E-state index in [1.54, 1.807) is 4.68 Å². The van der Waals surface area contributed by atoms with E-state index >= 15 is 0 Å². The van der Waals surface area contributed by atoms with E-state index in [4.69, 9.17) is 5.73 Å². The number of nitrogens with two attached hydrogens (primary N) is 1. The molecule has 0 aliphatic carbocycles. The lowest BCUT2D eigenvalue weighted by atomic mass is 10.1. The van der Waals surface area contributed by atoms with Crippen LogP contribution in [0.4, 0.5) is 10.1 Å². The van der Waals surface area contributed by atoms with Crippen LogP contribution in [0, 0.1) is 19.7 Å². The van der Waals surface area contributed by atoms with E-state index in [-0.39, 0.29) is 11.3 Å². The first kappa shape index (κ1) is 14.0. The standard InChI is InChI=1S/C14H17FN4O/c1-8-11(9(2)19(3)18-8)7-17-14(20)10-5-4-6-12(15)13(10)16/h4-6H,7,16H2,1-3H3,(H,17,20). The predicted molar refractivity (Wildman–Crippen MR) is 74.7 cm³/mol. The van der Waals surface area contributed by atoms with Crippen LogP contribution >= 0.6 is 0 Å². The molecule has 0 atom stereocenters. The zero-order valence-electron chi connectivity index (χ0n) is 11.7. The highest BCUT2D eigenvalue weighted by atomic mass is 19.1. The minimum Gasteiger partial charge on any atom is -0.396 e. The Balaban J connectivity index is 2.15. The Morgan fingerprint density at radius 1 is 1.45 bits per heavy atom. The molecule has 1 aromatic carbocycles. The fourth-order valence-electron chi connectivity index (χ4n) is 2.07.